The van der Waals surface area contributed by atoms with E-state index >= 15 is 0 Å². The predicted octanol–water partition coefficient (Wildman–Crippen LogP) is 2.24. The number of primary amides is 1. The second-order valence-corrected chi connectivity index (χ2v) is 4.48. The molecule has 22 heavy (non-hydrogen) atoms. The molecule has 0 heterocycles. The van der Waals surface area contributed by atoms with Crippen molar-refractivity contribution in [2.24, 2.45) is 5.73 Å². The fourth-order valence-corrected chi connectivity index (χ4v) is 1.96. The molecule has 0 aliphatic heterocycles. The molecule has 0 aromatic heterocycles. The van der Waals surface area contributed by atoms with E-state index in [1.807, 2.05) is 6.07 Å². The molecule has 114 valence electrons. The van der Waals surface area contributed by atoms with Gasteiger partial charge in [-0.3, -0.25) is 0 Å². The topological polar surface area (TPSA) is 98.9 Å². The lowest BCUT2D eigenvalue weighted by Gasteiger charge is -2.28. The zero-order valence-electron chi connectivity index (χ0n) is 11.6. The molecule has 0 radical (unpaired) electrons. The van der Waals surface area contributed by atoms with Crippen LogP contribution < -0.4 is 5.73 Å². The van der Waals surface area contributed by atoms with Gasteiger partial charge < -0.3 is 20.3 Å². The van der Waals surface area contributed by atoms with Crippen LogP contribution in [0.4, 0.5) is 4.79 Å². The molecule has 0 fully saturated rings. The van der Waals surface area contributed by atoms with Crippen molar-refractivity contribution >= 4 is 12.1 Å². The second-order valence-electron chi connectivity index (χ2n) is 4.48. The van der Waals surface area contributed by atoms with Gasteiger partial charge in [-0.15, -0.1) is 0 Å². The van der Waals surface area contributed by atoms with E-state index in [4.69, 9.17) is 15.2 Å². The normalized spacial score (nSPS) is 13.1. The Balaban J connectivity index is 2.35. The average molecular weight is 301 g/mol. The van der Waals surface area contributed by atoms with Crippen LogP contribution in [-0.4, -0.2) is 17.2 Å². The Labute approximate surface area is 127 Å². The number of aliphatic carboxylic acids is 1. The van der Waals surface area contributed by atoms with Crippen molar-refractivity contribution in [2.45, 2.75) is 12.4 Å². The summed E-state index contributed by atoms with van der Waals surface area (Å²) < 4.78 is 10.3. The van der Waals surface area contributed by atoms with E-state index in [1.54, 1.807) is 42.5 Å². The molecule has 1 atom stereocenters. The molecule has 2 aromatic rings. The molecule has 1 amide bonds. The number of rotatable bonds is 6. The molecule has 0 spiro atoms. The molecule has 3 N–H and O–H groups in total. The highest BCUT2D eigenvalue weighted by molar-refractivity contribution is 5.81. The molecular formula is C16H15NO5. The highest BCUT2D eigenvalue weighted by atomic mass is 16.7. The predicted molar refractivity (Wildman–Crippen MR) is 77.7 cm³/mol. The molecule has 2 aromatic carbocycles. The maximum absolute atomic E-state index is 11.7. The zero-order chi connectivity index (χ0) is 16.0. The number of carboxylic acid groups (broad SMARTS) is 1. The minimum absolute atomic E-state index is 0.0602. The number of carboxylic acids is 1. The molecule has 2 rings (SSSR count). The number of carbonyl (C=O) groups excluding carboxylic acids is 1. The largest absolute Gasteiger partial charge is 0.476 e. The van der Waals surface area contributed by atoms with Crippen LogP contribution in [0.5, 0.6) is 0 Å². The summed E-state index contributed by atoms with van der Waals surface area (Å²) in [5, 5.41) is 9.55. The van der Waals surface area contributed by atoms with Crippen molar-refractivity contribution < 1.29 is 24.2 Å². The molecule has 6 nitrogen and oxygen atoms in total. The van der Waals surface area contributed by atoms with Crippen molar-refractivity contribution in [1.82, 2.24) is 0 Å². The van der Waals surface area contributed by atoms with Crippen LogP contribution in [0.25, 0.3) is 0 Å². The Bertz CT molecular complexity index is 644. The van der Waals surface area contributed by atoms with E-state index in [9.17, 15) is 14.7 Å². The fraction of sp³-hybridized carbons (Fsp3) is 0.125. The lowest BCUT2D eigenvalue weighted by molar-refractivity contribution is -0.232. The number of hydrogen-bond donors (Lipinski definition) is 2. The Morgan fingerprint density at radius 2 is 1.55 bits per heavy atom. The highest BCUT2D eigenvalue weighted by Gasteiger charge is 2.46. The van der Waals surface area contributed by atoms with Crippen molar-refractivity contribution in [3.05, 3.63) is 71.8 Å². The first-order valence-electron chi connectivity index (χ1n) is 6.50. The van der Waals surface area contributed by atoms with Crippen molar-refractivity contribution in [3.63, 3.8) is 0 Å². The van der Waals surface area contributed by atoms with Gasteiger partial charge in [0.1, 0.15) is 0 Å². The van der Waals surface area contributed by atoms with E-state index in [0.717, 1.165) is 5.56 Å². The summed E-state index contributed by atoms with van der Waals surface area (Å²) >= 11 is 0. The Morgan fingerprint density at radius 3 is 2.05 bits per heavy atom. The van der Waals surface area contributed by atoms with Gasteiger partial charge in [0.15, 0.2) is 0 Å². The number of benzene rings is 2. The van der Waals surface area contributed by atoms with Gasteiger partial charge in [0.05, 0.1) is 6.61 Å². The van der Waals surface area contributed by atoms with Gasteiger partial charge in [-0.25, -0.2) is 9.59 Å². The highest BCUT2D eigenvalue weighted by Crippen LogP contribution is 2.29. The van der Waals surface area contributed by atoms with Gasteiger partial charge in [0, 0.05) is 5.56 Å². The SMILES string of the molecule is NC(=O)OC(OCc1ccccc1)(C(=O)O)c1ccccc1. The Kier molecular flexibility index (Phi) is 4.75. The second kappa shape index (κ2) is 6.73. The van der Waals surface area contributed by atoms with Gasteiger partial charge in [-0.1, -0.05) is 60.7 Å². The summed E-state index contributed by atoms with van der Waals surface area (Å²) in [6.07, 6.45) is -1.24. The van der Waals surface area contributed by atoms with Crippen molar-refractivity contribution in [2.75, 3.05) is 0 Å². The third kappa shape index (κ3) is 3.42. The lowest BCUT2D eigenvalue weighted by Crippen LogP contribution is -2.44. The smallest absolute Gasteiger partial charge is 0.407 e. The zero-order valence-corrected chi connectivity index (χ0v) is 11.6. The summed E-state index contributed by atoms with van der Waals surface area (Å²) in [7, 11) is 0. The molecule has 0 aliphatic rings. The van der Waals surface area contributed by atoms with Crippen LogP contribution in [0.3, 0.4) is 0 Å². The number of nitrogens with two attached hydrogens (primary N) is 1. The van der Waals surface area contributed by atoms with Gasteiger partial charge in [-0.2, -0.15) is 0 Å². The standard InChI is InChI=1S/C16H15NO5/c17-15(20)22-16(14(18)19,13-9-5-2-6-10-13)21-11-12-7-3-1-4-8-12/h1-10H,11H2,(H2,17,20)(H,18,19). The Hall–Kier alpha value is -2.86. The first-order valence-corrected chi connectivity index (χ1v) is 6.50. The van der Waals surface area contributed by atoms with Crippen LogP contribution in [0.1, 0.15) is 11.1 Å². The number of ether oxygens (including phenoxy) is 2. The molecule has 6 heteroatoms. The molecule has 0 aliphatic carbocycles. The van der Waals surface area contributed by atoms with Gasteiger partial charge in [0.2, 0.25) is 0 Å². The number of carbonyl (C=O) groups is 2. The van der Waals surface area contributed by atoms with Crippen LogP contribution in [0.15, 0.2) is 60.7 Å². The molecule has 0 saturated carbocycles. The summed E-state index contributed by atoms with van der Waals surface area (Å²) in [6, 6.07) is 16.8. The van der Waals surface area contributed by atoms with Gasteiger partial charge in [0.25, 0.3) is 0 Å². The fourth-order valence-electron chi connectivity index (χ4n) is 1.96. The summed E-state index contributed by atoms with van der Waals surface area (Å²) in [4.78, 5) is 22.9. The maximum atomic E-state index is 11.7. The van der Waals surface area contributed by atoms with E-state index in [0.29, 0.717) is 0 Å². The first-order chi connectivity index (χ1) is 10.5. The summed E-state index contributed by atoms with van der Waals surface area (Å²) in [5.74, 6) is -3.75. The molecule has 0 saturated heterocycles. The maximum Gasteiger partial charge on any atom is 0.407 e. The van der Waals surface area contributed by atoms with E-state index in [-0.39, 0.29) is 12.2 Å². The third-order valence-corrected chi connectivity index (χ3v) is 2.96. The lowest BCUT2D eigenvalue weighted by atomic mass is 10.1. The minimum Gasteiger partial charge on any atom is -0.476 e. The van der Waals surface area contributed by atoms with E-state index < -0.39 is 17.8 Å². The van der Waals surface area contributed by atoms with Gasteiger partial charge in [-0.05, 0) is 5.56 Å². The van der Waals surface area contributed by atoms with Crippen LogP contribution in [0, 0.1) is 0 Å². The minimum atomic E-state index is -2.29. The van der Waals surface area contributed by atoms with Gasteiger partial charge >= 0.3 is 17.8 Å². The van der Waals surface area contributed by atoms with Crippen LogP contribution in [-0.2, 0) is 26.7 Å². The van der Waals surface area contributed by atoms with Crippen LogP contribution in [0.2, 0.25) is 0 Å². The Morgan fingerprint density at radius 1 is 1.00 bits per heavy atom. The quantitative estimate of drug-likeness (QED) is 0.797. The summed E-state index contributed by atoms with van der Waals surface area (Å²) in [5.41, 5.74) is 5.92. The number of hydrogen-bond acceptors (Lipinski definition) is 4. The van der Waals surface area contributed by atoms with E-state index in [1.165, 1.54) is 12.1 Å². The number of amides is 1. The molecular weight excluding hydrogens is 286 g/mol. The summed E-state index contributed by atoms with van der Waals surface area (Å²) in [6.45, 7) is -0.0602. The molecule has 0 bridgehead atoms. The third-order valence-electron chi connectivity index (χ3n) is 2.96. The van der Waals surface area contributed by atoms with E-state index in [2.05, 4.69) is 0 Å². The molecule has 1 unspecified atom stereocenters. The van der Waals surface area contributed by atoms with Crippen molar-refractivity contribution in [3.8, 4) is 0 Å². The van der Waals surface area contributed by atoms with Crippen molar-refractivity contribution in [1.29, 1.82) is 0 Å². The average Bonchev–Trinajstić information content (AvgIpc) is 2.52. The first kappa shape index (κ1) is 15.5. The van der Waals surface area contributed by atoms with Crippen LogP contribution >= 0.6 is 0 Å². The monoisotopic (exact) mass is 301 g/mol.